The number of nitrogens with one attached hydrogen (secondary N) is 2. The Labute approximate surface area is 118 Å². The maximum Gasteiger partial charge on any atom is 0.234 e. The number of sulfonamides is 1. The molecule has 1 aromatic heterocycles. The van der Waals surface area contributed by atoms with E-state index in [2.05, 4.69) is 15.0 Å². The second kappa shape index (κ2) is 6.67. The van der Waals surface area contributed by atoms with Gasteiger partial charge in [0.25, 0.3) is 0 Å². The molecule has 2 rings (SSSR count). The van der Waals surface area contributed by atoms with Crippen LogP contribution in [0.2, 0.25) is 0 Å². The lowest BCUT2D eigenvalue weighted by Crippen LogP contribution is -2.19. The Morgan fingerprint density at radius 3 is 2.89 bits per heavy atom. The predicted octanol–water partition coefficient (Wildman–Crippen LogP) is 2.15. The summed E-state index contributed by atoms with van der Waals surface area (Å²) >= 11 is 1.38. The molecule has 5 nitrogen and oxygen atoms in total. The van der Waals surface area contributed by atoms with Crippen LogP contribution in [0.5, 0.6) is 0 Å². The Balaban J connectivity index is 1.75. The third kappa shape index (κ3) is 5.08. The quantitative estimate of drug-likeness (QED) is 0.686. The van der Waals surface area contributed by atoms with Crippen LogP contribution < -0.4 is 10.0 Å². The molecule has 0 atom stereocenters. The summed E-state index contributed by atoms with van der Waals surface area (Å²) in [5.74, 6) is 0.728. The van der Waals surface area contributed by atoms with Crippen LogP contribution in [0.15, 0.2) is 5.38 Å². The summed E-state index contributed by atoms with van der Waals surface area (Å²) in [6.45, 7) is 3.83. The van der Waals surface area contributed by atoms with E-state index < -0.39 is 10.0 Å². The minimum atomic E-state index is -3.24. The zero-order chi connectivity index (χ0) is 13.7. The third-order valence-corrected chi connectivity index (χ3v) is 5.26. The van der Waals surface area contributed by atoms with E-state index in [9.17, 15) is 8.42 Å². The molecule has 7 heteroatoms. The standard InChI is InChI=1S/C12H21N3O2S2/c1-2-13-7-3-4-8-19(16,17)15-12-14-11(9-18-12)10-5-6-10/h9-10,13H,2-8H2,1H3,(H,14,15). The number of rotatable bonds is 9. The molecule has 0 unspecified atom stereocenters. The van der Waals surface area contributed by atoms with Gasteiger partial charge in [-0.3, -0.25) is 4.72 Å². The lowest BCUT2D eigenvalue weighted by Gasteiger charge is -2.05. The van der Waals surface area contributed by atoms with Crippen molar-refractivity contribution < 1.29 is 8.42 Å². The van der Waals surface area contributed by atoms with E-state index in [1.807, 2.05) is 12.3 Å². The Kier molecular flexibility index (Phi) is 5.18. The summed E-state index contributed by atoms with van der Waals surface area (Å²) in [6.07, 6.45) is 3.91. The van der Waals surface area contributed by atoms with Gasteiger partial charge in [-0.25, -0.2) is 13.4 Å². The van der Waals surface area contributed by atoms with E-state index in [1.165, 1.54) is 24.2 Å². The molecule has 2 N–H and O–H groups in total. The smallest absolute Gasteiger partial charge is 0.234 e. The Hall–Kier alpha value is -0.660. The summed E-state index contributed by atoms with van der Waals surface area (Å²) in [4.78, 5) is 4.33. The van der Waals surface area contributed by atoms with Crippen molar-refractivity contribution in [2.24, 2.45) is 0 Å². The van der Waals surface area contributed by atoms with Crippen LogP contribution in [0, 0.1) is 0 Å². The molecule has 1 heterocycles. The Morgan fingerprint density at radius 2 is 2.21 bits per heavy atom. The number of unbranched alkanes of at least 4 members (excludes halogenated alkanes) is 1. The fourth-order valence-corrected chi connectivity index (χ4v) is 4.01. The van der Waals surface area contributed by atoms with Crippen molar-refractivity contribution >= 4 is 26.5 Å². The molecule has 1 fully saturated rings. The normalized spacial score (nSPS) is 15.6. The molecule has 0 amide bonds. The molecular weight excluding hydrogens is 282 g/mol. The third-order valence-electron chi connectivity index (χ3n) is 3.03. The highest BCUT2D eigenvalue weighted by Gasteiger charge is 2.26. The van der Waals surface area contributed by atoms with Gasteiger partial charge in [0.2, 0.25) is 10.0 Å². The van der Waals surface area contributed by atoms with Crippen molar-refractivity contribution in [2.45, 2.75) is 38.5 Å². The van der Waals surface area contributed by atoms with Gasteiger partial charge in [0.15, 0.2) is 5.13 Å². The highest BCUT2D eigenvalue weighted by Crippen LogP contribution is 2.40. The molecule has 0 saturated heterocycles. The number of hydrogen-bond donors (Lipinski definition) is 2. The van der Waals surface area contributed by atoms with Crippen LogP contribution >= 0.6 is 11.3 Å². The molecule has 1 aliphatic carbocycles. The predicted molar refractivity (Wildman–Crippen MR) is 79.3 cm³/mol. The molecule has 108 valence electrons. The van der Waals surface area contributed by atoms with Crippen LogP contribution in [0.25, 0.3) is 0 Å². The number of anilines is 1. The summed E-state index contributed by atoms with van der Waals surface area (Å²) in [5, 5.41) is 5.65. The van der Waals surface area contributed by atoms with Gasteiger partial charge >= 0.3 is 0 Å². The molecule has 0 radical (unpaired) electrons. The van der Waals surface area contributed by atoms with E-state index in [0.717, 1.165) is 25.2 Å². The summed E-state index contributed by atoms with van der Waals surface area (Å²) in [5.41, 5.74) is 1.04. The molecule has 0 bridgehead atoms. The van der Waals surface area contributed by atoms with E-state index in [1.54, 1.807) is 0 Å². The van der Waals surface area contributed by atoms with Crippen LogP contribution in [0.1, 0.15) is 44.2 Å². The Bertz CT molecular complexity index is 495. The largest absolute Gasteiger partial charge is 0.317 e. The first kappa shape index (κ1) is 14.7. The van der Waals surface area contributed by atoms with Gasteiger partial charge in [0, 0.05) is 11.3 Å². The highest BCUT2D eigenvalue weighted by molar-refractivity contribution is 7.92. The van der Waals surface area contributed by atoms with Crippen molar-refractivity contribution in [1.29, 1.82) is 0 Å². The van der Waals surface area contributed by atoms with Gasteiger partial charge in [-0.15, -0.1) is 11.3 Å². The van der Waals surface area contributed by atoms with Gasteiger partial charge in [0.05, 0.1) is 11.4 Å². The fraction of sp³-hybridized carbons (Fsp3) is 0.750. The second-order valence-electron chi connectivity index (χ2n) is 4.83. The molecule has 1 saturated carbocycles. The van der Waals surface area contributed by atoms with Crippen molar-refractivity contribution in [3.05, 3.63) is 11.1 Å². The highest BCUT2D eigenvalue weighted by atomic mass is 32.2. The van der Waals surface area contributed by atoms with E-state index >= 15 is 0 Å². The number of hydrogen-bond acceptors (Lipinski definition) is 5. The first-order valence-corrected chi connectivity index (χ1v) is 9.30. The maximum absolute atomic E-state index is 11.9. The van der Waals surface area contributed by atoms with Gasteiger partial charge in [-0.2, -0.15) is 0 Å². The van der Waals surface area contributed by atoms with Gasteiger partial charge < -0.3 is 5.32 Å². The summed E-state index contributed by atoms with van der Waals surface area (Å²) in [7, 11) is -3.24. The van der Waals surface area contributed by atoms with Crippen molar-refractivity contribution in [3.8, 4) is 0 Å². The van der Waals surface area contributed by atoms with Gasteiger partial charge in [-0.1, -0.05) is 6.92 Å². The number of nitrogens with zero attached hydrogens (tertiary/aromatic N) is 1. The van der Waals surface area contributed by atoms with E-state index in [-0.39, 0.29) is 5.75 Å². The lowest BCUT2D eigenvalue weighted by molar-refractivity contribution is 0.593. The van der Waals surface area contributed by atoms with E-state index in [4.69, 9.17) is 0 Å². The molecule has 1 aromatic rings. The zero-order valence-electron chi connectivity index (χ0n) is 11.2. The van der Waals surface area contributed by atoms with Crippen LogP contribution in [0.3, 0.4) is 0 Å². The zero-order valence-corrected chi connectivity index (χ0v) is 12.8. The molecule has 19 heavy (non-hydrogen) atoms. The summed E-state index contributed by atoms with van der Waals surface area (Å²) < 4.78 is 26.3. The van der Waals surface area contributed by atoms with Crippen molar-refractivity contribution in [2.75, 3.05) is 23.6 Å². The second-order valence-corrected chi connectivity index (χ2v) is 7.53. The van der Waals surface area contributed by atoms with Crippen LogP contribution in [-0.2, 0) is 10.0 Å². The fourth-order valence-electron chi connectivity index (χ4n) is 1.80. The molecule has 0 spiro atoms. The molecule has 0 aromatic carbocycles. The monoisotopic (exact) mass is 303 g/mol. The SMILES string of the molecule is CCNCCCCS(=O)(=O)Nc1nc(C2CC2)cs1. The summed E-state index contributed by atoms with van der Waals surface area (Å²) in [6, 6.07) is 0. The van der Waals surface area contributed by atoms with Gasteiger partial charge in [-0.05, 0) is 38.8 Å². The topological polar surface area (TPSA) is 71.1 Å². The Morgan fingerprint density at radius 1 is 1.42 bits per heavy atom. The minimum absolute atomic E-state index is 0.163. The maximum atomic E-state index is 11.9. The van der Waals surface area contributed by atoms with Gasteiger partial charge in [0.1, 0.15) is 0 Å². The van der Waals surface area contributed by atoms with E-state index in [0.29, 0.717) is 17.5 Å². The lowest BCUT2D eigenvalue weighted by atomic mass is 10.3. The average molecular weight is 303 g/mol. The van der Waals surface area contributed by atoms with Crippen LogP contribution in [0.4, 0.5) is 5.13 Å². The number of thiazole rings is 1. The first-order chi connectivity index (χ1) is 9.11. The van der Waals surface area contributed by atoms with Crippen molar-refractivity contribution in [3.63, 3.8) is 0 Å². The number of aromatic nitrogens is 1. The van der Waals surface area contributed by atoms with Crippen LogP contribution in [-0.4, -0.2) is 32.2 Å². The molecule has 1 aliphatic rings. The average Bonchev–Trinajstić information content (AvgIpc) is 3.10. The minimum Gasteiger partial charge on any atom is -0.317 e. The molecule has 0 aliphatic heterocycles. The van der Waals surface area contributed by atoms with Crippen molar-refractivity contribution in [1.82, 2.24) is 10.3 Å². The first-order valence-electron chi connectivity index (χ1n) is 6.77. The molecular formula is C12H21N3O2S2.